The minimum atomic E-state index is -3.82. The van der Waals surface area contributed by atoms with E-state index >= 15 is 8.78 Å². The molecule has 0 unspecified atom stereocenters. The fraction of sp³-hybridized carbons (Fsp3) is 0.167. The number of ether oxygens (including phenoxy) is 1. The fourth-order valence-corrected chi connectivity index (χ4v) is 4.96. The van der Waals surface area contributed by atoms with Gasteiger partial charge in [-0.05, 0) is 71.0 Å². The van der Waals surface area contributed by atoms with Crippen LogP contribution in [0.15, 0.2) is 97.1 Å². The average Bonchev–Trinajstić information content (AvgIpc) is 2.99. The Morgan fingerprint density at radius 3 is 1.75 bits per heavy atom. The number of unbranched alkanes of at least 4 members (excludes halogenated alkanes) is 2. The quantitative estimate of drug-likeness (QED) is 0.113. The van der Waals surface area contributed by atoms with Gasteiger partial charge in [0.1, 0.15) is 23.2 Å². The van der Waals surface area contributed by atoms with Crippen molar-refractivity contribution in [1.29, 1.82) is 0 Å². The van der Waals surface area contributed by atoms with E-state index in [0.717, 1.165) is 43.4 Å². The molecule has 226 valence electrons. The molecule has 0 spiro atoms. The van der Waals surface area contributed by atoms with Crippen LogP contribution in [0.25, 0.3) is 33.4 Å². The van der Waals surface area contributed by atoms with Crippen molar-refractivity contribution in [2.45, 2.75) is 38.7 Å². The molecule has 0 fully saturated rings. The van der Waals surface area contributed by atoms with E-state index in [1.807, 2.05) is 0 Å². The van der Waals surface area contributed by atoms with Gasteiger partial charge in [-0.3, -0.25) is 0 Å². The van der Waals surface area contributed by atoms with Gasteiger partial charge in [0.2, 0.25) is 0 Å². The highest BCUT2D eigenvalue weighted by Crippen LogP contribution is 2.37. The first kappa shape index (κ1) is 30.9. The number of hydrogen-bond acceptors (Lipinski definition) is 1. The van der Waals surface area contributed by atoms with Gasteiger partial charge in [-0.2, -0.15) is 8.78 Å². The maximum absolute atomic E-state index is 15.0. The average molecular weight is 609 g/mol. The second-order valence-corrected chi connectivity index (χ2v) is 10.4. The first-order valence-corrected chi connectivity index (χ1v) is 14.1. The third-order valence-corrected chi connectivity index (χ3v) is 7.33. The van der Waals surface area contributed by atoms with Gasteiger partial charge >= 0.3 is 6.11 Å². The Hall–Kier alpha value is -4.59. The van der Waals surface area contributed by atoms with Gasteiger partial charge in [0.05, 0.1) is 11.1 Å². The summed E-state index contributed by atoms with van der Waals surface area (Å²) in [5.41, 5.74) is 1.34. The fourth-order valence-electron chi connectivity index (χ4n) is 4.96. The van der Waals surface area contributed by atoms with Gasteiger partial charge in [0, 0.05) is 17.7 Å². The Morgan fingerprint density at radius 1 is 0.545 bits per heavy atom. The first-order valence-electron chi connectivity index (χ1n) is 14.1. The zero-order valence-corrected chi connectivity index (χ0v) is 23.6. The topological polar surface area (TPSA) is 9.23 Å². The van der Waals surface area contributed by atoms with Crippen molar-refractivity contribution in [2.24, 2.45) is 0 Å². The molecule has 0 N–H and O–H groups in total. The number of rotatable bonds is 10. The number of halogens is 7. The van der Waals surface area contributed by atoms with Crippen LogP contribution in [-0.4, -0.2) is 0 Å². The van der Waals surface area contributed by atoms with Crippen LogP contribution in [0.3, 0.4) is 0 Å². The van der Waals surface area contributed by atoms with Crippen molar-refractivity contribution in [3.05, 3.63) is 137 Å². The van der Waals surface area contributed by atoms with Crippen LogP contribution in [0.4, 0.5) is 30.7 Å². The molecular weight excluding hydrogens is 581 g/mol. The number of benzene rings is 5. The zero-order chi connectivity index (χ0) is 31.4. The van der Waals surface area contributed by atoms with E-state index in [4.69, 9.17) is 4.74 Å². The van der Waals surface area contributed by atoms with E-state index < -0.39 is 52.1 Å². The SMILES string of the molecule is CCCCCc1ccc(C(F)(F)Oc2cc(F)c(-c3ccc(-c4ccc(-c5ccc(F)c(F)c5)c(F)c4)cc3)c(F)c2)cc1. The van der Waals surface area contributed by atoms with Crippen molar-refractivity contribution >= 4 is 0 Å². The summed E-state index contributed by atoms with van der Waals surface area (Å²) in [4.78, 5) is 0. The van der Waals surface area contributed by atoms with Crippen LogP contribution < -0.4 is 4.74 Å². The lowest BCUT2D eigenvalue weighted by Crippen LogP contribution is -2.22. The summed E-state index contributed by atoms with van der Waals surface area (Å²) >= 11 is 0. The lowest BCUT2D eigenvalue weighted by atomic mass is 9.97. The minimum absolute atomic E-state index is 0.0701. The predicted molar refractivity (Wildman–Crippen MR) is 157 cm³/mol. The Balaban J connectivity index is 1.32. The van der Waals surface area contributed by atoms with E-state index in [1.54, 1.807) is 18.2 Å². The van der Waals surface area contributed by atoms with Crippen molar-refractivity contribution < 1.29 is 35.5 Å². The Bertz CT molecular complexity index is 1740. The molecule has 0 aliphatic heterocycles. The first-order chi connectivity index (χ1) is 21.1. The van der Waals surface area contributed by atoms with Gasteiger partial charge in [0.25, 0.3) is 0 Å². The lowest BCUT2D eigenvalue weighted by Gasteiger charge is -2.19. The van der Waals surface area contributed by atoms with Gasteiger partial charge in [0.15, 0.2) is 11.6 Å². The molecule has 5 rings (SSSR count). The number of alkyl halides is 2. The molecule has 0 bridgehead atoms. The maximum Gasteiger partial charge on any atom is 0.426 e. The molecule has 5 aromatic carbocycles. The summed E-state index contributed by atoms with van der Waals surface area (Å²) in [6.45, 7) is 2.07. The van der Waals surface area contributed by atoms with Crippen molar-refractivity contribution in [3.63, 3.8) is 0 Å². The molecule has 0 amide bonds. The normalized spacial score (nSPS) is 11.5. The van der Waals surface area contributed by atoms with E-state index in [1.165, 1.54) is 54.6 Å². The molecule has 44 heavy (non-hydrogen) atoms. The van der Waals surface area contributed by atoms with E-state index in [0.29, 0.717) is 23.3 Å². The van der Waals surface area contributed by atoms with Crippen molar-refractivity contribution in [1.82, 2.24) is 0 Å². The Labute approximate surface area is 250 Å². The third kappa shape index (κ3) is 6.80. The molecule has 0 saturated heterocycles. The highest BCUT2D eigenvalue weighted by Gasteiger charge is 2.35. The summed E-state index contributed by atoms with van der Waals surface area (Å²) in [6.07, 6.45) is -0.0227. The van der Waals surface area contributed by atoms with E-state index in [2.05, 4.69) is 6.92 Å². The molecule has 5 aromatic rings. The monoisotopic (exact) mass is 608 g/mol. The van der Waals surface area contributed by atoms with Gasteiger partial charge < -0.3 is 4.74 Å². The van der Waals surface area contributed by atoms with Crippen molar-refractivity contribution in [2.75, 3.05) is 0 Å². The highest BCUT2D eigenvalue weighted by atomic mass is 19.3. The molecule has 1 nitrogen and oxygen atoms in total. The second kappa shape index (κ2) is 13.0. The summed E-state index contributed by atoms with van der Waals surface area (Å²) < 4.78 is 106. The smallest absolute Gasteiger partial charge is 0.426 e. The van der Waals surface area contributed by atoms with Gasteiger partial charge in [-0.25, -0.2) is 22.0 Å². The number of hydrogen-bond donors (Lipinski definition) is 0. The van der Waals surface area contributed by atoms with Gasteiger partial charge in [-0.15, -0.1) is 0 Å². The molecule has 0 aromatic heterocycles. The molecule has 0 radical (unpaired) electrons. The van der Waals surface area contributed by atoms with Crippen LogP contribution in [0.1, 0.15) is 37.3 Å². The Kier molecular flexibility index (Phi) is 9.09. The van der Waals surface area contributed by atoms with Crippen LogP contribution in [-0.2, 0) is 12.5 Å². The van der Waals surface area contributed by atoms with Crippen LogP contribution in [0.2, 0.25) is 0 Å². The highest BCUT2D eigenvalue weighted by molar-refractivity contribution is 5.74. The van der Waals surface area contributed by atoms with Crippen LogP contribution >= 0.6 is 0 Å². The molecule has 0 atom stereocenters. The second-order valence-electron chi connectivity index (χ2n) is 10.4. The zero-order valence-electron chi connectivity index (χ0n) is 23.6. The predicted octanol–water partition coefficient (Wildman–Crippen LogP) is 11.2. The minimum Gasteiger partial charge on any atom is -0.429 e. The molecule has 0 saturated carbocycles. The molecular formula is C36H27F7O. The summed E-state index contributed by atoms with van der Waals surface area (Å²) in [6, 6.07) is 20.2. The largest absolute Gasteiger partial charge is 0.429 e. The number of aryl methyl sites for hydroxylation is 1. The lowest BCUT2D eigenvalue weighted by molar-refractivity contribution is -0.185. The Morgan fingerprint density at radius 2 is 1.14 bits per heavy atom. The van der Waals surface area contributed by atoms with Gasteiger partial charge in [-0.1, -0.05) is 74.4 Å². The molecule has 0 heterocycles. The molecule has 0 aliphatic rings. The van der Waals surface area contributed by atoms with E-state index in [9.17, 15) is 22.0 Å². The van der Waals surface area contributed by atoms with Crippen LogP contribution in [0.5, 0.6) is 5.75 Å². The molecule has 8 heteroatoms. The van der Waals surface area contributed by atoms with Crippen molar-refractivity contribution in [3.8, 4) is 39.1 Å². The van der Waals surface area contributed by atoms with Crippen LogP contribution in [0, 0.1) is 29.1 Å². The standard InChI is InChI=1S/C36H27F7O/c1-2-3-4-5-22-6-14-27(15-7-22)36(42,43)44-28-20-33(40)35(34(41)21-28)24-10-8-23(9-11-24)25-12-16-29(31(38)18-25)26-13-17-30(37)32(39)19-26/h6-21H,2-5H2,1H3. The third-order valence-electron chi connectivity index (χ3n) is 7.33. The summed E-state index contributed by atoms with van der Waals surface area (Å²) in [5, 5.41) is 0. The maximum atomic E-state index is 15.0. The molecule has 0 aliphatic carbocycles. The summed E-state index contributed by atoms with van der Waals surface area (Å²) in [5.74, 6) is -5.69. The summed E-state index contributed by atoms with van der Waals surface area (Å²) in [7, 11) is 0. The van der Waals surface area contributed by atoms with E-state index in [-0.39, 0.29) is 16.7 Å².